The van der Waals surface area contributed by atoms with Crippen LogP contribution in [0.15, 0.2) is 88.7 Å². The molecule has 0 bridgehead atoms. The molecule has 5 nitrogen and oxygen atoms in total. The van der Waals surface area contributed by atoms with Gasteiger partial charge in [-0.25, -0.2) is 9.59 Å². The van der Waals surface area contributed by atoms with E-state index in [9.17, 15) is 9.59 Å². The quantitative estimate of drug-likeness (QED) is 0.571. The van der Waals surface area contributed by atoms with Crippen molar-refractivity contribution in [1.29, 1.82) is 0 Å². The SMILES string of the molecule is C[N+](C)(C)c1ccccc1.O=C(O)c1ccc(Sc2ccc(C(=O)O)cc2)cc1. The van der Waals surface area contributed by atoms with Crippen molar-refractivity contribution in [1.82, 2.24) is 4.48 Å². The monoisotopic (exact) mass is 410 g/mol. The molecule has 3 rings (SSSR count). The molecule has 3 aromatic rings. The Bertz CT molecular complexity index is 891. The lowest BCUT2D eigenvalue weighted by molar-refractivity contribution is 0.0686. The molecule has 0 aliphatic heterocycles. The summed E-state index contributed by atoms with van der Waals surface area (Å²) in [4.78, 5) is 23.2. The van der Waals surface area contributed by atoms with Crippen LogP contribution in [0.2, 0.25) is 0 Å². The summed E-state index contributed by atoms with van der Waals surface area (Å²) in [6.07, 6.45) is 0. The number of benzene rings is 3. The minimum atomic E-state index is -0.956. The van der Waals surface area contributed by atoms with Gasteiger partial charge in [-0.15, -0.1) is 0 Å². The maximum atomic E-state index is 10.7. The van der Waals surface area contributed by atoms with Crippen LogP contribution in [0.4, 0.5) is 5.69 Å². The molecule has 0 aliphatic carbocycles. The molecule has 0 spiro atoms. The van der Waals surface area contributed by atoms with Gasteiger partial charge in [-0.05, 0) is 60.7 Å². The first-order valence-electron chi connectivity index (χ1n) is 8.88. The molecule has 0 atom stereocenters. The highest BCUT2D eigenvalue weighted by molar-refractivity contribution is 7.99. The molecular formula is C23H24NO4S+. The summed E-state index contributed by atoms with van der Waals surface area (Å²) in [5.74, 6) is -1.91. The van der Waals surface area contributed by atoms with E-state index in [0.29, 0.717) is 0 Å². The van der Waals surface area contributed by atoms with Crippen molar-refractivity contribution >= 4 is 29.4 Å². The minimum absolute atomic E-state index is 0.241. The van der Waals surface area contributed by atoms with Gasteiger partial charge in [-0.2, -0.15) is 0 Å². The van der Waals surface area contributed by atoms with E-state index in [2.05, 4.69) is 45.4 Å². The first-order valence-corrected chi connectivity index (χ1v) is 9.70. The predicted molar refractivity (Wildman–Crippen MR) is 117 cm³/mol. The molecule has 0 saturated carbocycles. The van der Waals surface area contributed by atoms with Crippen LogP contribution in [0.1, 0.15) is 20.7 Å². The summed E-state index contributed by atoms with van der Waals surface area (Å²) < 4.78 is 0.890. The number of carboxylic acid groups (broad SMARTS) is 2. The van der Waals surface area contributed by atoms with Gasteiger partial charge in [0.05, 0.1) is 32.3 Å². The number of nitrogens with zero attached hydrogens (tertiary/aromatic N) is 1. The molecule has 0 unspecified atom stereocenters. The van der Waals surface area contributed by atoms with Gasteiger partial charge in [0.25, 0.3) is 0 Å². The van der Waals surface area contributed by atoms with E-state index in [4.69, 9.17) is 10.2 Å². The molecule has 0 heterocycles. The van der Waals surface area contributed by atoms with Crippen LogP contribution in [-0.2, 0) is 0 Å². The third-order valence-electron chi connectivity index (χ3n) is 3.97. The van der Waals surface area contributed by atoms with E-state index in [0.717, 1.165) is 14.3 Å². The van der Waals surface area contributed by atoms with Crippen molar-refractivity contribution in [3.05, 3.63) is 90.0 Å². The lowest BCUT2D eigenvalue weighted by Crippen LogP contribution is -2.34. The highest BCUT2D eigenvalue weighted by Crippen LogP contribution is 2.28. The van der Waals surface area contributed by atoms with Crippen LogP contribution >= 0.6 is 11.8 Å². The molecule has 0 aliphatic rings. The zero-order valence-corrected chi connectivity index (χ0v) is 17.4. The second kappa shape index (κ2) is 9.91. The first-order chi connectivity index (χ1) is 13.7. The van der Waals surface area contributed by atoms with Crippen LogP contribution in [0.5, 0.6) is 0 Å². The van der Waals surface area contributed by atoms with E-state index >= 15 is 0 Å². The Labute approximate surface area is 174 Å². The summed E-state index contributed by atoms with van der Waals surface area (Å²) >= 11 is 1.44. The number of hydrogen-bond donors (Lipinski definition) is 2. The van der Waals surface area contributed by atoms with E-state index in [1.54, 1.807) is 24.3 Å². The van der Waals surface area contributed by atoms with E-state index in [-0.39, 0.29) is 11.1 Å². The van der Waals surface area contributed by atoms with Crippen molar-refractivity contribution in [3.63, 3.8) is 0 Å². The van der Waals surface area contributed by atoms with E-state index < -0.39 is 11.9 Å². The normalized spacial score (nSPS) is 10.6. The summed E-state index contributed by atoms with van der Waals surface area (Å²) in [6.45, 7) is 0. The smallest absolute Gasteiger partial charge is 0.335 e. The molecule has 0 saturated heterocycles. The zero-order chi connectivity index (χ0) is 21.4. The highest BCUT2D eigenvalue weighted by atomic mass is 32.2. The molecular weight excluding hydrogens is 386 g/mol. The Morgan fingerprint density at radius 3 is 1.31 bits per heavy atom. The Kier molecular flexibility index (Phi) is 7.59. The lowest BCUT2D eigenvalue weighted by Gasteiger charge is -2.22. The van der Waals surface area contributed by atoms with E-state index in [1.807, 2.05) is 6.07 Å². The molecule has 6 heteroatoms. The Morgan fingerprint density at radius 1 is 0.655 bits per heavy atom. The van der Waals surface area contributed by atoms with Gasteiger partial charge in [0.2, 0.25) is 0 Å². The summed E-state index contributed by atoms with van der Waals surface area (Å²) in [5, 5.41) is 17.6. The van der Waals surface area contributed by atoms with Gasteiger partial charge >= 0.3 is 11.9 Å². The second-order valence-electron chi connectivity index (χ2n) is 7.11. The number of carboxylic acids is 2. The molecule has 0 amide bonds. The van der Waals surface area contributed by atoms with Crippen LogP contribution in [0, 0.1) is 0 Å². The van der Waals surface area contributed by atoms with Crippen LogP contribution in [0.25, 0.3) is 0 Å². The third-order valence-corrected chi connectivity index (χ3v) is 4.98. The molecule has 0 aromatic heterocycles. The predicted octanol–water partition coefficient (Wildman–Crippen LogP) is 5.12. The molecule has 0 radical (unpaired) electrons. The van der Waals surface area contributed by atoms with Crippen LogP contribution < -0.4 is 4.48 Å². The van der Waals surface area contributed by atoms with Gasteiger partial charge in [0, 0.05) is 9.79 Å². The average Bonchev–Trinajstić information content (AvgIpc) is 2.69. The molecule has 150 valence electrons. The average molecular weight is 411 g/mol. The number of para-hydroxylation sites is 1. The Balaban J connectivity index is 0.000000253. The topological polar surface area (TPSA) is 74.6 Å². The maximum absolute atomic E-state index is 10.7. The van der Waals surface area contributed by atoms with Gasteiger partial charge < -0.3 is 10.2 Å². The number of carbonyl (C=O) groups is 2. The van der Waals surface area contributed by atoms with E-state index in [1.165, 1.54) is 41.7 Å². The molecule has 3 aromatic carbocycles. The van der Waals surface area contributed by atoms with Gasteiger partial charge in [-0.3, -0.25) is 4.48 Å². The van der Waals surface area contributed by atoms with Crippen LogP contribution in [0.3, 0.4) is 0 Å². The highest BCUT2D eigenvalue weighted by Gasteiger charge is 2.09. The van der Waals surface area contributed by atoms with Gasteiger partial charge in [-0.1, -0.05) is 30.0 Å². The summed E-state index contributed by atoms with van der Waals surface area (Å²) in [7, 11) is 6.49. The Morgan fingerprint density at radius 2 is 1.03 bits per heavy atom. The number of rotatable bonds is 5. The zero-order valence-electron chi connectivity index (χ0n) is 16.6. The fourth-order valence-electron chi connectivity index (χ4n) is 2.34. The largest absolute Gasteiger partial charge is 0.478 e. The van der Waals surface area contributed by atoms with Gasteiger partial charge in [0.15, 0.2) is 0 Å². The van der Waals surface area contributed by atoms with Crippen molar-refractivity contribution in [3.8, 4) is 0 Å². The third kappa shape index (κ3) is 7.10. The number of aromatic carboxylic acids is 2. The summed E-state index contributed by atoms with van der Waals surface area (Å²) in [6, 6.07) is 23.5. The van der Waals surface area contributed by atoms with Crippen molar-refractivity contribution in [2.45, 2.75) is 9.79 Å². The fraction of sp³-hybridized carbons (Fsp3) is 0.130. The van der Waals surface area contributed by atoms with Gasteiger partial charge in [0.1, 0.15) is 5.69 Å². The number of quaternary nitrogens is 1. The van der Waals surface area contributed by atoms with Crippen molar-refractivity contribution < 1.29 is 19.8 Å². The fourth-order valence-corrected chi connectivity index (χ4v) is 3.16. The molecule has 2 N–H and O–H groups in total. The summed E-state index contributed by atoms with van der Waals surface area (Å²) in [5.41, 5.74) is 1.82. The van der Waals surface area contributed by atoms with Crippen molar-refractivity contribution in [2.24, 2.45) is 0 Å². The standard InChI is InChI=1S/C14H10O4S.C9H14N/c15-13(16)9-1-5-11(6-2-9)19-12-7-3-10(4-8-12)14(17)18;1-10(2,3)9-7-5-4-6-8-9/h1-8H,(H,15,16)(H,17,18);4-8H,1-3H3/q;+1. The lowest BCUT2D eigenvalue weighted by atomic mass is 10.2. The Hall–Kier alpha value is -3.09. The number of hydrogen-bond acceptors (Lipinski definition) is 3. The second-order valence-corrected chi connectivity index (χ2v) is 8.26. The van der Waals surface area contributed by atoms with Crippen molar-refractivity contribution in [2.75, 3.05) is 21.1 Å². The first kappa shape index (κ1) is 22.2. The minimum Gasteiger partial charge on any atom is -0.478 e. The molecule has 29 heavy (non-hydrogen) atoms. The molecule has 0 fully saturated rings. The van der Waals surface area contributed by atoms with Crippen LogP contribution in [-0.4, -0.2) is 43.3 Å². The maximum Gasteiger partial charge on any atom is 0.335 e.